The SMILES string of the molecule is CN(CC(=O)Nc1cccc(F)c1)C(=O)C[C@@H]1C[C@@H]2CC[C@@H]1C2. The Bertz CT molecular complexity index is 604. The van der Waals surface area contributed by atoms with Crippen LogP contribution in [0.15, 0.2) is 24.3 Å². The van der Waals surface area contributed by atoms with E-state index in [4.69, 9.17) is 0 Å². The van der Waals surface area contributed by atoms with Gasteiger partial charge in [0.05, 0.1) is 6.54 Å². The number of anilines is 1. The first-order valence-electron chi connectivity index (χ1n) is 8.30. The summed E-state index contributed by atoms with van der Waals surface area (Å²) < 4.78 is 13.1. The van der Waals surface area contributed by atoms with Crippen molar-refractivity contribution in [2.45, 2.75) is 32.1 Å². The van der Waals surface area contributed by atoms with Gasteiger partial charge in [-0.1, -0.05) is 12.5 Å². The maximum absolute atomic E-state index is 13.1. The molecule has 0 aromatic heterocycles. The van der Waals surface area contributed by atoms with E-state index in [-0.39, 0.29) is 18.4 Å². The lowest BCUT2D eigenvalue weighted by Crippen LogP contribution is -2.36. The summed E-state index contributed by atoms with van der Waals surface area (Å²) in [6, 6.07) is 5.74. The van der Waals surface area contributed by atoms with Crippen molar-refractivity contribution in [3.63, 3.8) is 0 Å². The molecule has 2 aliphatic rings. The van der Waals surface area contributed by atoms with Crippen LogP contribution in [0.4, 0.5) is 10.1 Å². The molecular weight excluding hydrogens is 295 g/mol. The first-order valence-corrected chi connectivity index (χ1v) is 8.30. The predicted molar refractivity (Wildman–Crippen MR) is 86.2 cm³/mol. The standard InChI is InChI=1S/C18H23FN2O2/c1-21(11-17(22)20-16-4-2-3-15(19)10-16)18(23)9-14-8-12-5-6-13(14)7-12/h2-4,10,12-14H,5-9,11H2,1H3,(H,20,22)/t12-,13-,14+/m1/s1. The first kappa shape index (κ1) is 16.0. The quantitative estimate of drug-likeness (QED) is 0.907. The van der Waals surface area contributed by atoms with Gasteiger partial charge in [-0.3, -0.25) is 9.59 Å². The molecule has 0 unspecified atom stereocenters. The highest BCUT2D eigenvalue weighted by Crippen LogP contribution is 2.49. The van der Waals surface area contributed by atoms with Crippen molar-refractivity contribution in [1.29, 1.82) is 0 Å². The molecule has 2 bridgehead atoms. The summed E-state index contributed by atoms with van der Waals surface area (Å²) in [7, 11) is 1.65. The summed E-state index contributed by atoms with van der Waals surface area (Å²) in [5, 5.41) is 2.62. The zero-order chi connectivity index (χ0) is 16.4. The van der Waals surface area contributed by atoms with Gasteiger partial charge in [-0.05, 0) is 55.2 Å². The minimum absolute atomic E-state index is 0.00381. The second-order valence-corrected chi connectivity index (χ2v) is 6.95. The van der Waals surface area contributed by atoms with Crippen LogP contribution in [0, 0.1) is 23.6 Å². The fourth-order valence-electron chi connectivity index (χ4n) is 4.08. The molecule has 5 heteroatoms. The second-order valence-electron chi connectivity index (χ2n) is 6.95. The Hall–Kier alpha value is -1.91. The molecule has 2 amide bonds. The molecule has 3 atom stereocenters. The van der Waals surface area contributed by atoms with Crippen LogP contribution < -0.4 is 5.32 Å². The van der Waals surface area contributed by atoms with Crippen molar-refractivity contribution >= 4 is 17.5 Å². The summed E-state index contributed by atoms with van der Waals surface area (Å²) in [5.74, 6) is 1.34. The van der Waals surface area contributed by atoms with E-state index in [0.29, 0.717) is 23.9 Å². The van der Waals surface area contributed by atoms with Gasteiger partial charge in [-0.2, -0.15) is 0 Å². The zero-order valence-corrected chi connectivity index (χ0v) is 13.4. The number of rotatable bonds is 5. The number of halogens is 1. The summed E-state index contributed by atoms with van der Waals surface area (Å²) in [6.07, 6.45) is 5.57. The largest absolute Gasteiger partial charge is 0.336 e. The highest BCUT2D eigenvalue weighted by atomic mass is 19.1. The van der Waals surface area contributed by atoms with Gasteiger partial charge < -0.3 is 10.2 Å². The van der Waals surface area contributed by atoms with Crippen LogP contribution in [0.25, 0.3) is 0 Å². The Labute approximate surface area is 136 Å². The third-order valence-electron chi connectivity index (χ3n) is 5.24. The number of nitrogens with one attached hydrogen (secondary N) is 1. The number of fused-ring (bicyclic) bond motifs is 2. The van der Waals surface area contributed by atoms with Crippen LogP contribution in [-0.4, -0.2) is 30.3 Å². The van der Waals surface area contributed by atoms with Crippen LogP contribution in [0.3, 0.4) is 0 Å². The number of amides is 2. The van der Waals surface area contributed by atoms with E-state index in [1.165, 1.54) is 48.8 Å². The van der Waals surface area contributed by atoms with Crippen molar-refractivity contribution in [3.8, 4) is 0 Å². The number of carbonyl (C=O) groups is 2. The molecule has 1 N–H and O–H groups in total. The Morgan fingerprint density at radius 2 is 2.13 bits per heavy atom. The molecule has 0 saturated heterocycles. The van der Waals surface area contributed by atoms with Gasteiger partial charge >= 0.3 is 0 Å². The zero-order valence-electron chi connectivity index (χ0n) is 13.4. The monoisotopic (exact) mass is 318 g/mol. The highest BCUT2D eigenvalue weighted by molar-refractivity contribution is 5.94. The normalized spacial score (nSPS) is 25.4. The van der Waals surface area contributed by atoms with Gasteiger partial charge in [0.25, 0.3) is 0 Å². The van der Waals surface area contributed by atoms with Crippen LogP contribution in [0.5, 0.6) is 0 Å². The molecule has 2 fully saturated rings. The molecule has 0 heterocycles. The van der Waals surface area contributed by atoms with Crippen molar-refractivity contribution in [3.05, 3.63) is 30.1 Å². The summed E-state index contributed by atoms with van der Waals surface area (Å²) in [6.45, 7) is -0.00381. The number of carbonyl (C=O) groups excluding carboxylic acids is 2. The average molecular weight is 318 g/mol. The van der Waals surface area contributed by atoms with Crippen molar-refractivity contribution in [2.24, 2.45) is 17.8 Å². The summed E-state index contributed by atoms with van der Waals surface area (Å²) in [4.78, 5) is 25.8. The van der Waals surface area contributed by atoms with E-state index in [0.717, 1.165) is 5.92 Å². The van der Waals surface area contributed by atoms with Crippen LogP contribution in [0.1, 0.15) is 32.1 Å². The predicted octanol–water partition coefficient (Wildman–Crippen LogP) is 3.05. The third kappa shape index (κ3) is 3.89. The minimum atomic E-state index is -0.400. The highest BCUT2D eigenvalue weighted by Gasteiger charge is 2.40. The Balaban J connectivity index is 1.47. The molecule has 0 radical (unpaired) electrons. The molecule has 0 spiro atoms. The topological polar surface area (TPSA) is 49.4 Å². The smallest absolute Gasteiger partial charge is 0.243 e. The molecule has 3 rings (SSSR count). The molecule has 1 aromatic carbocycles. The maximum Gasteiger partial charge on any atom is 0.243 e. The Morgan fingerprint density at radius 1 is 1.30 bits per heavy atom. The molecule has 2 saturated carbocycles. The van der Waals surface area contributed by atoms with Gasteiger partial charge in [0.1, 0.15) is 5.82 Å². The second kappa shape index (κ2) is 6.69. The van der Waals surface area contributed by atoms with Gasteiger partial charge in [0.15, 0.2) is 0 Å². The van der Waals surface area contributed by atoms with E-state index in [1.807, 2.05) is 0 Å². The van der Waals surface area contributed by atoms with Gasteiger partial charge in [0, 0.05) is 19.2 Å². The molecule has 4 nitrogen and oxygen atoms in total. The fraction of sp³-hybridized carbons (Fsp3) is 0.556. The number of nitrogens with zero attached hydrogens (tertiary/aromatic N) is 1. The third-order valence-corrected chi connectivity index (χ3v) is 5.24. The lowest BCUT2D eigenvalue weighted by atomic mass is 9.86. The maximum atomic E-state index is 13.1. The molecular formula is C18H23FN2O2. The van der Waals surface area contributed by atoms with Crippen LogP contribution in [-0.2, 0) is 9.59 Å². The van der Waals surface area contributed by atoms with Crippen molar-refractivity contribution in [1.82, 2.24) is 4.90 Å². The number of likely N-dealkylation sites (N-methyl/N-ethyl adjacent to an activating group) is 1. The van der Waals surface area contributed by atoms with Crippen molar-refractivity contribution in [2.75, 3.05) is 18.9 Å². The first-order chi connectivity index (χ1) is 11.0. The van der Waals surface area contributed by atoms with Gasteiger partial charge in [-0.15, -0.1) is 0 Å². The summed E-state index contributed by atoms with van der Waals surface area (Å²) in [5.41, 5.74) is 0.406. The number of hydrogen-bond acceptors (Lipinski definition) is 2. The van der Waals surface area contributed by atoms with E-state index < -0.39 is 5.82 Å². The molecule has 2 aliphatic carbocycles. The Morgan fingerprint density at radius 3 is 2.78 bits per heavy atom. The lowest BCUT2D eigenvalue weighted by Gasteiger charge is -2.24. The lowest BCUT2D eigenvalue weighted by molar-refractivity contribution is -0.134. The minimum Gasteiger partial charge on any atom is -0.336 e. The molecule has 124 valence electrons. The number of hydrogen-bond donors (Lipinski definition) is 1. The molecule has 1 aromatic rings. The summed E-state index contributed by atoms with van der Waals surface area (Å²) >= 11 is 0. The van der Waals surface area contributed by atoms with E-state index >= 15 is 0 Å². The van der Waals surface area contributed by atoms with Gasteiger partial charge in [-0.25, -0.2) is 4.39 Å². The van der Waals surface area contributed by atoms with Crippen molar-refractivity contribution < 1.29 is 14.0 Å². The van der Waals surface area contributed by atoms with Crippen LogP contribution >= 0.6 is 0 Å². The Kier molecular flexibility index (Phi) is 4.64. The van der Waals surface area contributed by atoms with E-state index in [9.17, 15) is 14.0 Å². The molecule has 0 aliphatic heterocycles. The number of benzene rings is 1. The molecule has 23 heavy (non-hydrogen) atoms. The van der Waals surface area contributed by atoms with E-state index in [2.05, 4.69) is 5.32 Å². The van der Waals surface area contributed by atoms with Crippen LogP contribution in [0.2, 0.25) is 0 Å². The van der Waals surface area contributed by atoms with Gasteiger partial charge in [0.2, 0.25) is 11.8 Å². The fourth-order valence-corrected chi connectivity index (χ4v) is 4.08. The van der Waals surface area contributed by atoms with E-state index in [1.54, 1.807) is 13.1 Å². The average Bonchev–Trinajstić information content (AvgIpc) is 3.09.